The molecule has 2 aromatic rings. The molecule has 1 heterocycles. The Labute approximate surface area is 110 Å². The van der Waals surface area contributed by atoms with Crippen LogP contribution in [0, 0.1) is 5.92 Å². The fourth-order valence-corrected chi connectivity index (χ4v) is 1.74. The van der Waals surface area contributed by atoms with Gasteiger partial charge in [-0.25, -0.2) is 0 Å². The van der Waals surface area contributed by atoms with Crippen LogP contribution in [0.4, 0.5) is 0 Å². The van der Waals surface area contributed by atoms with Gasteiger partial charge < -0.3 is 14.8 Å². The van der Waals surface area contributed by atoms with Gasteiger partial charge in [0.15, 0.2) is 0 Å². The van der Waals surface area contributed by atoms with Gasteiger partial charge in [0.05, 0.1) is 6.04 Å². The highest BCUT2D eigenvalue weighted by molar-refractivity contribution is 5.96. The molecule has 0 saturated carbocycles. The maximum Gasteiger partial charge on any atom is 0.315 e. The first-order chi connectivity index (χ1) is 8.99. The number of benzene rings is 1. The third-order valence-electron chi connectivity index (χ3n) is 2.99. The van der Waals surface area contributed by atoms with Crippen LogP contribution in [-0.2, 0) is 9.59 Å². The van der Waals surface area contributed by atoms with Crippen LogP contribution < -0.4 is 5.32 Å². The third kappa shape index (κ3) is 2.76. The molecule has 2 unspecified atom stereocenters. The van der Waals surface area contributed by atoms with Crippen LogP contribution in [0.5, 0.6) is 0 Å². The van der Waals surface area contributed by atoms with Crippen LogP contribution >= 0.6 is 0 Å². The van der Waals surface area contributed by atoms with Gasteiger partial charge >= 0.3 is 5.97 Å². The SMILES string of the molecule is CC(C(=O)O)C(=O)NC(C)c1cc2ccccc2o1. The highest BCUT2D eigenvalue weighted by atomic mass is 16.4. The van der Waals surface area contributed by atoms with E-state index in [0.29, 0.717) is 5.76 Å². The molecule has 5 heteroatoms. The maximum atomic E-state index is 11.6. The zero-order chi connectivity index (χ0) is 14.0. The number of carboxylic acid groups (broad SMARTS) is 1. The van der Waals surface area contributed by atoms with Crippen LogP contribution in [0.2, 0.25) is 0 Å². The summed E-state index contributed by atoms with van der Waals surface area (Å²) in [6, 6.07) is 8.99. The van der Waals surface area contributed by atoms with Gasteiger partial charge in [-0.2, -0.15) is 0 Å². The number of rotatable bonds is 4. The standard InChI is InChI=1S/C14H15NO4/c1-8(14(17)18)13(16)15-9(2)12-7-10-5-3-4-6-11(10)19-12/h3-9H,1-2H3,(H,15,16)(H,17,18). The number of hydrogen-bond acceptors (Lipinski definition) is 3. The van der Waals surface area contributed by atoms with E-state index in [2.05, 4.69) is 5.32 Å². The molecule has 0 spiro atoms. The van der Waals surface area contributed by atoms with Gasteiger partial charge in [0.2, 0.25) is 5.91 Å². The molecule has 2 atom stereocenters. The van der Waals surface area contributed by atoms with Gasteiger partial charge in [-0.1, -0.05) is 18.2 Å². The fourth-order valence-electron chi connectivity index (χ4n) is 1.74. The number of carbonyl (C=O) groups excluding carboxylic acids is 1. The van der Waals surface area contributed by atoms with Crippen LogP contribution in [-0.4, -0.2) is 17.0 Å². The Hall–Kier alpha value is -2.30. The number of carbonyl (C=O) groups is 2. The molecule has 0 saturated heterocycles. The fraction of sp³-hybridized carbons (Fsp3) is 0.286. The zero-order valence-corrected chi connectivity index (χ0v) is 10.7. The molecule has 1 amide bonds. The summed E-state index contributed by atoms with van der Waals surface area (Å²) >= 11 is 0. The Morgan fingerprint density at radius 3 is 2.58 bits per heavy atom. The second-order valence-corrected chi connectivity index (χ2v) is 4.48. The van der Waals surface area contributed by atoms with E-state index in [4.69, 9.17) is 9.52 Å². The Balaban J connectivity index is 2.13. The Bertz CT molecular complexity index is 584. The topological polar surface area (TPSA) is 79.5 Å². The predicted octanol–water partition coefficient (Wildman–Crippen LogP) is 2.33. The number of amides is 1. The number of aliphatic carboxylic acids is 1. The summed E-state index contributed by atoms with van der Waals surface area (Å²) in [6.45, 7) is 3.10. The summed E-state index contributed by atoms with van der Waals surface area (Å²) in [7, 11) is 0. The van der Waals surface area contributed by atoms with Gasteiger partial charge in [-0.15, -0.1) is 0 Å². The minimum absolute atomic E-state index is 0.373. The predicted molar refractivity (Wildman–Crippen MR) is 69.6 cm³/mol. The van der Waals surface area contributed by atoms with E-state index in [-0.39, 0.29) is 6.04 Å². The van der Waals surface area contributed by atoms with E-state index in [1.54, 1.807) is 6.92 Å². The molecule has 19 heavy (non-hydrogen) atoms. The van der Waals surface area contributed by atoms with E-state index in [0.717, 1.165) is 11.0 Å². The Kier molecular flexibility index (Phi) is 3.55. The molecular weight excluding hydrogens is 246 g/mol. The second-order valence-electron chi connectivity index (χ2n) is 4.48. The van der Waals surface area contributed by atoms with Crippen molar-refractivity contribution in [3.05, 3.63) is 36.1 Å². The summed E-state index contributed by atoms with van der Waals surface area (Å²) in [5, 5.41) is 12.3. The van der Waals surface area contributed by atoms with E-state index >= 15 is 0 Å². The summed E-state index contributed by atoms with van der Waals surface area (Å²) < 4.78 is 5.61. The van der Waals surface area contributed by atoms with Crippen molar-refractivity contribution in [3.8, 4) is 0 Å². The molecule has 0 aliphatic carbocycles. The van der Waals surface area contributed by atoms with Crippen LogP contribution in [0.25, 0.3) is 11.0 Å². The lowest BCUT2D eigenvalue weighted by Gasteiger charge is -2.13. The highest BCUT2D eigenvalue weighted by Crippen LogP contribution is 2.23. The summed E-state index contributed by atoms with van der Waals surface area (Å²) in [4.78, 5) is 22.4. The number of furan rings is 1. The highest BCUT2D eigenvalue weighted by Gasteiger charge is 2.23. The van der Waals surface area contributed by atoms with Crippen molar-refractivity contribution in [2.24, 2.45) is 5.92 Å². The number of nitrogens with one attached hydrogen (secondary N) is 1. The lowest BCUT2D eigenvalue weighted by Crippen LogP contribution is -2.35. The van der Waals surface area contributed by atoms with Gasteiger partial charge in [0.25, 0.3) is 0 Å². The van der Waals surface area contributed by atoms with Crippen molar-refractivity contribution in [1.82, 2.24) is 5.32 Å². The van der Waals surface area contributed by atoms with Gasteiger partial charge in [0, 0.05) is 5.39 Å². The van der Waals surface area contributed by atoms with Crippen LogP contribution in [0.1, 0.15) is 25.6 Å². The average Bonchev–Trinajstić information content (AvgIpc) is 2.81. The summed E-state index contributed by atoms with van der Waals surface area (Å²) in [5.41, 5.74) is 0.741. The molecule has 2 rings (SSSR count). The second kappa shape index (κ2) is 5.14. The molecule has 0 bridgehead atoms. The first kappa shape index (κ1) is 13.1. The van der Waals surface area contributed by atoms with Crippen molar-refractivity contribution < 1.29 is 19.1 Å². The smallest absolute Gasteiger partial charge is 0.315 e. The first-order valence-corrected chi connectivity index (χ1v) is 6.00. The van der Waals surface area contributed by atoms with Crippen LogP contribution in [0.15, 0.2) is 34.7 Å². The van der Waals surface area contributed by atoms with Crippen LogP contribution in [0.3, 0.4) is 0 Å². The molecule has 1 aromatic heterocycles. The number of hydrogen-bond donors (Lipinski definition) is 2. The van der Waals surface area contributed by atoms with Gasteiger partial charge in [0.1, 0.15) is 17.3 Å². The summed E-state index contributed by atoms with van der Waals surface area (Å²) in [6.07, 6.45) is 0. The molecule has 0 aliphatic heterocycles. The van der Waals surface area contributed by atoms with Crippen molar-refractivity contribution in [2.45, 2.75) is 19.9 Å². The van der Waals surface area contributed by atoms with E-state index in [9.17, 15) is 9.59 Å². The lowest BCUT2D eigenvalue weighted by atomic mass is 10.1. The lowest BCUT2D eigenvalue weighted by molar-refractivity contribution is -0.146. The van der Waals surface area contributed by atoms with Gasteiger partial charge in [-0.3, -0.25) is 9.59 Å². The normalized spacial score (nSPS) is 14.0. The third-order valence-corrected chi connectivity index (χ3v) is 2.99. The number of carboxylic acids is 1. The summed E-state index contributed by atoms with van der Waals surface area (Å²) in [5.74, 6) is -2.14. The quantitative estimate of drug-likeness (QED) is 0.828. The molecule has 1 aromatic carbocycles. The molecule has 0 aliphatic rings. The van der Waals surface area contributed by atoms with E-state index in [1.165, 1.54) is 6.92 Å². The minimum atomic E-state index is -1.14. The largest absolute Gasteiger partial charge is 0.481 e. The molecule has 5 nitrogen and oxygen atoms in total. The molecular formula is C14H15NO4. The van der Waals surface area contributed by atoms with Crippen molar-refractivity contribution >= 4 is 22.8 Å². The van der Waals surface area contributed by atoms with Crippen molar-refractivity contribution in [3.63, 3.8) is 0 Å². The maximum absolute atomic E-state index is 11.6. The monoisotopic (exact) mass is 261 g/mol. The Morgan fingerprint density at radius 1 is 1.26 bits per heavy atom. The molecule has 100 valence electrons. The molecule has 0 fully saturated rings. The average molecular weight is 261 g/mol. The van der Waals surface area contributed by atoms with Crippen molar-refractivity contribution in [2.75, 3.05) is 0 Å². The number of fused-ring (bicyclic) bond motifs is 1. The molecule has 0 radical (unpaired) electrons. The molecule has 2 N–H and O–H groups in total. The van der Waals surface area contributed by atoms with Gasteiger partial charge in [-0.05, 0) is 26.0 Å². The first-order valence-electron chi connectivity index (χ1n) is 6.00. The van der Waals surface area contributed by atoms with Crippen molar-refractivity contribution in [1.29, 1.82) is 0 Å². The van der Waals surface area contributed by atoms with E-state index in [1.807, 2.05) is 30.3 Å². The number of para-hydroxylation sites is 1. The zero-order valence-electron chi connectivity index (χ0n) is 10.7. The Morgan fingerprint density at radius 2 is 1.95 bits per heavy atom. The minimum Gasteiger partial charge on any atom is -0.481 e. The van der Waals surface area contributed by atoms with E-state index < -0.39 is 17.8 Å².